The highest BCUT2D eigenvalue weighted by Gasteiger charge is 2.37. The Morgan fingerprint density at radius 3 is 2.71 bits per heavy atom. The van der Waals surface area contributed by atoms with Crippen LogP contribution in [0.25, 0.3) is 0 Å². The zero-order valence-electron chi connectivity index (χ0n) is 13.5. The number of Topliss-reactive ketones (excluding diaryl/α,β-unsaturated/α-hetero) is 1. The quantitative estimate of drug-likeness (QED) is 0.858. The first-order chi connectivity index (χ1) is 11.4. The summed E-state index contributed by atoms with van der Waals surface area (Å²) in [6.07, 6.45) is 0. The number of aryl methyl sites for hydroxylation is 1. The van der Waals surface area contributed by atoms with E-state index in [-0.39, 0.29) is 12.5 Å². The number of ketones is 1. The third-order valence-electron chi connectivity index (χ3n) is 3.67. The number of carbonyl (C=O) groups excluding carboxylic acids is 3. The van der Waals surface area contributed by atoms with Crippen LogP contribution in [0.2, 0.25) is 0 Å². The van der Waals surface area contributed by atoms with Crippen molar-refractivity contribution in [1.29, 1.82) is 0 Å². The number of fused-ring (bicyclic) bond motifs is 1. The molecule has 1 aliphatic rings. The van der Waals surface area contributed by atoms with Crippen LogP contribution in [-0.4, -0.2) is 34.3 Å². The summed E-state index contributed by atoms with van der Waals surface area (Å²) in [7, 11) is 0. The molecule has 7 nitrogen and oxygen atoms in total. The van der Waals surface area contributed by atoms with Crippen molar-refractivity contribution in [2.24, 2.45) is 0 Å². The zero-order valence-corrected chi connectivity index (χ0v) is 14.3. The SMILES string of the molecule is Cc1cccc2c1N(CC(=O)Nc1nnc(C(C)C)s1)C(=O)C2=O. The van der Waals surface area contributed by atoms with Gasteiger partial charge in [0, 0.05) is 5.92 Å². The number of benzene rings is 1. The van der Waals surface area contributed by atoms with Crippen molar-refractivity contribution in [2.75, 3.05) is 16.8 Å². The van der Waals surface area contributed by atoms with E-state index in [0.717, 1.165) is 10.6 Å². The molecule has 0 saturated heterocycles. The minimum atomic E-state index is -0.686. The van der Waals surface area contributed by atoms with Crippen LogP contribution in [0.3, 0.4) is 0 Å². The molecule has 0 aliphatic carbocycles. The smallest absolute Gasteiger partial charge is 0.299 e. The number of nitrogens with one attached hydrogen (secondary N) is 1. The predicted octanol–water partition coefficient (Wildman–Crippen LogP) is 2.14. The molecular weight excluding hydrogens is 328 g/mol. The number of nitrogens with zero attached hydrogens (tertiary/aromatic N) is 3. The molecule has 2 aromatic rings. The molecule has 0 radical (unpaired) electrons. The van der Waals surface area contributed by atoms with Crippen LogP contribution in [0.5, 0.6) is 0 Å². The van der Waals surface area contributed by atoms with Gasteiger partial charge in [0.2, 0.25) is 11.0 Å². The standard InChI is InChI=1S/C16H16N4O3S/c1-8(2)14-18-19-16(24-14)17-11(21)7-20-12-9(3)5-4-6-10(12)13(22)15(20)23/h4-6,8H,7H2,1-3H3,(H,17,19,21). The maximum atomic E-state index is 12.2. The van der Waals surface area contributed by atoms with E-state index in [4.69, 9.17) is 0 Å². The highest BCUT2D eigenvalue weighted by Crippen LogP contribution is 2.32. The van der Waals surface area contributed by atoms with Crippen molar-refractivity contribution in [3.05, 3.63) is 34.3 Å². The summed E-state index contributed by atoms with van der Waals surface area (Å²) in [5.74, 6) is -1.46. The Morgan fingerprint density at radius 1 is 1.29 bits per heavy atom. The number of anilines is 2. The third-order valence-corrected chi connectivity index (χ3v) is 4.81. The second kappa shape index (κ2) is 6.12. The first-order valence-electron chi connectivity index (χ1n) is 7.47. The Labute approximate surface area is 142 Å². The van der Waals surface area contributed by atoms with Crippen LogP contribution < -0.4 is 10.2 Å². The number of carbonyl (C=O) groups is 3. The van der Waals surface area contributed by atoms with Crippen molar-refractivity contribution < 1.29 is 14.4 Å². The van der Waals surface area contributed by atoms with E-state index in [1.54, 1.807) is 25.1 Å². The van der Waals surface area contributed by atoms with E-state index < -0.39 is 17.6 Å². The largest absolute Gasteiger partial charge is 0.299 e. The second-order valence-electron chi connectivity index (χ2n) is 5.84. The second-order valence-corrected chi connectivity index (χ2v) is 6.85. The van der Waals surface area contributed by atoms with Gasteiger partial charge >= 0.3 is 0 Å². The van der Waals surface area contributed by atoms with Gasteiger partial charge in [-0.05, 0) is 18.6 Å². The Hall–Kier alpha value is -2.61. The topological polar surface area (TPSA) is 92.3 Å². The number of amides is 2. The van der Waals surface area contributed by atoms with Gasteiger partial charge < -0.3 is 0 Å². The van der Waals surface area contributed by atoms with Gasteiger partial charge in [-0.3, -0.25) is 24.6 Å². The summed E-state index contributed by atoms with van der Waals surface area (Å²) in [6.45, 7) is 5.54. The molecule has 1 aromatic heterocycles. The Morgan fingerprint density at radius 2 is 2.04 bits per heavy atom. The van der Waals surface area contributed by atoms with E-state index in [2.05, 4.69) is 15.5 Å². The molecule has 0 unspecified atom stereocenters. The molecule has 1 aliphatic heterocycles. The fraction of sp³-hybridized carbons (Fsp3) is 0.312. The Balaban J connectivity index is 1.77. The number of aromatic nitrogens is 2. The van der Waals surface area contributed by atoms with Crippen LogP contribution in [0, 0.1) is 6.92 Å². The monoisotopic (exact) mass is 344 g/mol. The van der Waals surface area contributed by atoms with Gasteiger partial charge in [-0.1, -0.05) is 37.3 Å². The van der Waals surface area contributed by atoms with Crippen molar-refractivity contribution >= 4 is 39.8 Å². The minimum Gasteiger partial charge on any atom is -0.299 e. The normalized spacial score (nSPS) is 13.6. The zero-order chi connectivity index (χ0) is 17.4. The number of hydrogen-bond donors (Lipinski definition) is 1. The maximum Gasteiger partial charge on any atom is 0.299 e. The molecule has 8 heteroatoms. The first-order valence-corrected chi connectivity index (χ1v) is 8.29. The number of rotatable bonds is 4. The van der Waals surface area contributed by atoms with Gasteiger partial charge in [-0.2, -0.15) is 0 Å². The fourth-order valence-electron chi connectivity index (χ4n) is 2.51. The van der Waals surface area contributed by atoms with Gasteiger partial charge in [0.1, 0.15) is 11.6 Å². The number of para-hydroxylation sites is 1. The van der Waals surface area contributed by atoms with Crippen molar-refractivity contribution in [3.8, 4) is 0 Å². The maximum absolute atomic E-state index is 12.2. The molecule has 2 heterocycles. The Kier molecular flexibility index (Phi) is 4.15. The molecule has 1 aromatic carbocycles. The van der Waals surface area contributed by atoms with Crippen molar-refractivity contribution in [2.45, 2.75) is 26.7 Å². The minimum absolute atomic E-state index is 0.223. The predicted molar refractivity (Wildman–Crippen MR) is 90.5 cm³/mol. The van der Waals surface area contributed by atoms with E-state index in [0.29, 0.717) is 16.4 Å². The average Bonchev–Trinajstić information content (AvgIpc) is 3.08. The summed E-state index contributed by atoms with van der Waals surface area (Å²) in [5.41, 5.74) is 1.62. The molecule has 124 valence electrons. The van der Waals surface area contributed by atoms with Crippen molar-refractivity contribution in [3.63, 3.8) is 0 Å². The summed E-state index contributed by atoms with van der Waals surface area (Å²) >= 11 is 1.29. The number of hydrogen-bond acceptors (Lipinski definition) is 6. The third kappa shape index (κ3) is 2.80. The van der Waals surface area contributed by atoms with Crippen molar-refractivity contribution in [1.82, 2.24) is 10.2 Å². The van der Waals surface area contributed by atoms with Gasteiger partial charge in [-0.15, -0.1) is 10.2 Å². The van der Waals surface area contributed by atoms with Crippen LogP contribution in [0.4, 0.5) is 10.8 Å². The molecule has 0 saturated carbocycles. The molecule has 3 rings (SSSR count). The lowest BCUT2D eigenvalue weighted by Gasteiger charge is -2.17. The highest BCUT2D eigenvalue weighted by molar-refractivity contribution is 7.15. The van der Waals surface area contributed by atoms with Crippen LogP contribution in [0.15, 0.2) is 18.2 Å². The van der Waals surface area contributed by atoms with Crippen LogP contribution >= 0.6 is 11.3 Å². The molecular formula is C16H16N4O3S. The summed E-state index contributed by atoms with van der Waals surface area (Å²) in [6, 6.07) is 5.12. The van der Waals surface area contributed by atoms with Gasteiger partial charge in [-0.25, -0.2) is 0 Å². The van der Waals surface area contributed by atoms with E-state index >= 15 is 0 Å². The van der Waals surface area contributed by atoms with E-state index in [1.807, 2.05) is 13.8 Å². The fourth-order valence-corrected chi connectivity index (χ4v) is 3.27. The lowest BCUT2D eigenvalue weighted by Crippen LogP contribution is -2.37. The highest BCUT2D eigenvalue weighted by atomic mass is 32.1. The Bertz CT molecular complexity index is 844. The van der Waals surface area contributed by atoms with Gasteiger partial charge in [0.25, 0.3) is 11.7 Å². The van der Waals surface area contributed by atoms with Crippen LogP contribution in [-0.2, 0) is 9.59 Å². The molecule has 2 amide bonds. The van der Waals surface area contributed by atoms with E-state index in [1.165, 1.54) is 16.2 Å². The first kappa shape index (κ1) is 16.3. The van der Waals surface area contributed by atoms with Crippen LogP contribution in [0.1, 0.15) is 40.7 Å². The van der Waals surface area contributed by atoms with E-state index in [9.17, 15) is 14.4 Å². The molecule has 0 spiro atoms. The average molecular weight is 344 g/mol. The molecule has 24 heavy (non-hydrogen) atoms. The van der Waals surface area contributed by atoms with Gasteiger partial charge in [0.05, 0.1) is 11.3 Å². The summed E-state index contributed by atoms with van der Waals surface area (Å²) in [4.78, 5) is 37.7. The summed E-state index contributed by atoms with van der Waals surface area (Å²) in [5, 5.41) is 11.7. The molecule has 0 bridgehead atoms. The van der Waals surface area contributed by atoms with Gasteiger partial charge in [0.15, 0.2) is 0 Å². The molecule has 0 atom stereocenters. The summed E-state index contributed by atoms with van der Waals surface area (Å²) < 4.78 is 0. The molecule has 0 fully saturated rings. The lowest BCUT2D eigenvalue weighted by molar-refractivity contribution is -0.118. The lowest BCUT2D eigenvalue weighted by atomic mass is 10.1. The molecule has 1 N–H and O–H groups in total.